The van der Waals surface area contributed by atoms with Gasteiger partial charge in [0.2, 0.25) is 0 Å². The van der Waals surface area contributed by atoms with Crippen molar-refractivity contribution in [1.82, 2.24) is 15.3 Å². The van der Waals surface area contributed by atoms with Crippen LogP contribution in [-0.4, -0.2) is 56.8 Å². The highest BCUT2D eigenvalue weighted by atomic mass is 16.5. The SMILES string of the molecule is COc1ccc(CCCNN2CCN(C)CC2)cc1N. The molecule has 3 N–H and O–H groups in total. The Bertz CT molecular complexity index is 416. The maximum absolute atomic E-state index is 5.91. The van der Waals surface area contributed by atoms with Gasteiger partial charge in [0.15, 0.2) is 0 Å². The van der Waals surface area contributed by atoms with Gasteiger partial charge in [-0.2, -0.15) is 0 Å². The van der Waals surface area contributed by atoms with Crippen LogP contribution in [0.25, 0.3) is 0 Å². The summed E-state index contributed by atoms with van der Waals surface area (Å²) < 4.78 is 5.17. The molecule has 1 aliphatic rings. The molecule has 0 radical (unpaired) electrons. The predicted octanol–water partition coefficient (Wildman–Crippen LogP) is 0.962. The van der Waals surface area contributed by atoms with Crippen molar-refractivity contribution in [2.24, 2.45) is 0 Å². The highest BCUT2D eigenvalue weighted by Crippen LogP contribution is 2.22. The van der Waals surface area contributed by atoms with Gasteiger partial charge >= 0.3 is 0 Å². The summed E-state index contributed by atoms with van der Waals surface area (Å²) in [5.41, 5.74) is 11.4. The number of hydrogen-bond donors (Lipinski definition) is 2. The molecule has 0 spiro atoms. The Morgan fingerprint density at radius 1 is 1.25 bits per heavy atom. The first-order chi connectivity index (χ1) is 9.69. The first-order valence-corrected chi connectivity index (χ1v) is 7.28. The van der Waals surface area contributed by atoms with Gasteiger partial charge in [0, 0.05) is 32.7 Å². The summed E-state index contributed by atoms with van der Waals surface area (Å²) in [7, 11) is 3.82. The van der Waals surface area contributed by atoms with Gasteiger partial charge in [-0.25, -0.2) is 5.01 Å². The van der Waals surface area contributed by atoms with E-state index in [0.29, 0.717) is 0 Å². The second-order valence-corrected chi connectivity index (χ2v) is 5.38. The van der Waals surface area contributed by atoms with Gasteiger partial charge in [-0.05, 0) is 37.6 Å². The maximum Gasteiger partial charge on any atom is 0.141 e. The minimum atomic E-state index is 0.719. The van der Waals surface area contributed by atoms with E-state index in [1.165, 1.54) is 5.56 Å². The smallest absolute Gasteiger partial charge is 0.141 e. The Morgan fingerprint density at radius 3 is 2.65 bits per heavy atom. The third-order valence-electron chi connectivity index (χ3n) is 3.78. The van der Waals surface area contributed by atoms with Crippen molar-refractivity contribution < 1.29 is 4.74 Å². The monoisotopic (exact) mass is 278 g/mol. The van der Waals surface area contributed by atoms with Gasteiger partial charge in [0.05, 0.1) is 12.8 Å². The lowest BCUT2D eigenvalue weighted by Crippen LogP contribution is -2.50. The van der Waals surface area contributed by atoms with Crippen LogP contribution in [0, 0.1) is 0 Å². The zero-order valence-electron chi connectivity index (χ0n) is 12.6. The van der Waals surface area contributed by atoms with Crippen LogP contribution >= 0.6 is 0 Å². The molecule has 0 atom stereocenters. The fourth-order valence-electron chi connectivity index (χ4n) is 2.43. The Labute approximate surface area is 121 Å². The Morgan fingerprint density at radius 2 is 2.00 bits per heavy atom. The van der Waals surface area contributed by atoms with Gasteiger partial charge in [0.1, 0.15) is 5.75 Å². The lowest BCUT2D eigenvalue weighted by atomic mass is 10.1. The Balaban J connectivity index is 1.67. The first kappa shape index (κ1) is 15.1. The molecule has 0 unspecified atom stereocenters. The van der Waals surface area contributed by atoms with E-state index in [4.69, 9.17) is 10.5 Å². The largest absolute Gasteiger partial charge is 0.495 e. The molecule has 0 aliphatic carbocycles. The van der Waals surface area contributed by atoms with E-state index in [9.17, 15) is 0 Å². The lowest BCUT2D eigenvalue weighted by Gasteiger charge is -2.32. The molecule has 1 aliphatic heterocycles. The highest BCUT2D eigenvalue weighted by Gasteiger charge is 2.12. The minimum absolute atomic E-state index is 0.719. The second-order valence-electron chi connectivity index (χ2n) is 5.38. The topological polar surface area (TPSA) is 53.8 Å². The summed E-state index contributed by atoms with van der Waals surface area (Å²) in [4.78, 5) is 2.36. The van der Waals surface area contributed by atoms with E-state index in [0.717, 1.165) is 57.0 Å². The third kappa shape index (κ3) is 4.37. The standard InChI is InChI=1S/C15H26N4O/c1-18-8-10-19(11-9-18)17-7-3-4-13-5-6-15(20-2)14(16)12-13/h5-6,12,17H,3-4,7-11,16H2,1-2H3. The van der Waals surface area contributed by atoms with Gasteiger partial charge in [-0.1, -0.05) is 6.07 Å². The molecule has 1 aromatic carbocycles. The zero-order valence-corrected chi connectivity index (χ0v) is 12.6. The fourth-order valence-corrected chi connectivity index (χ4v) is 2.43. The van der Waals surface area contributed by atoms with Gasteiger partial charge in [-0.15, -0.1) is 0 Å². The summed E-state index contributed by atoms with van der Waals surface area (Å²) in [6.45, 7) is 5.50. The zero-order chi connectivity index (χ0) is 14.4. The van der Waals surface area contributed by atoms with Crippen molar-refractivity contribution in [3.05, 3.63) is 23.8 Å². The van der Waals surface area contributed by atoms with Crippen LogP contribution in [0.15, 0.2) is 18.2 Å². The van der Waals surface area contributed by atoms with Crippen LogP contribution < -0.4 is 15.9 Å². The molecule has 0 saturated carbocycles. The molecule has 0 aromatic heterocycles. The molecule has 1 heterocycles. The number of aryl methyl sites for hydroxylation is 1. The molecule has 1 fully saturated rings. The third-order valence-corrected chi connectivity index (χ3v) is 3.78. The number of nitrogens with two attached hydrogens (primary N) is 1. The van der Waals surface area contributed by atoms with E-state index >= 15 is 0 Å². The van der Waals surface area contributed by atoms with Gasteiger partial charge < -0.3 is 15.4 Å². The minimum Gasteiger partial charge on any atom is -0.495 e. The van der Waals surface area contributed by atoms with Crippen molar-refractivity contribution in [2.45, 2.75) is 12.8 Å². The quantitative estimate of drug-likeness (QED) is 0.600. The summed E-state index contributed by atoms with van der Waals surface area (Å²) >= 11 is 0. The van der Waals surface area contributed by atoms with E-state index in [1.54, 1.807) is 7.11 Å². The number of methoxy groups -OCH3 is 1. The number of ether oxygens (including phenoxy) is 1. The van der Waals surface area contributed by atoms with Crippen LogP contribution in [0.3, 0.4) is 0 Å². The number of benzene rings is 1. The Hall–Kier alpha value is -1.30. The van der Waals surface area contributed by atoms with Crippen molar-refractivity contribution in [1.29, 1.82) is 0 Å². The normalized spacial score (nSPS) is 17.3. The van der Waals surface area contributed by atoms with Crippen LogP contribution in [0.4, 0.5) is 5.69 Å². The van der Waals surface area contributed by atoms with E-state index < -0.39 is 0 Å². The number of nitrogen functional groups attached to an aromatic ring is 1. The number of likely N-dealkylation sites (N-methyl/N-ethyl adjacent to an activating group) is 1. The van der Waals surface area contributed by atoms with Crippen molar-refractivity contribution >= 4 is 5.69 Å². The molecule has 112 valence electrons. The second kappa shape index (κ2) is 7.47. The number of hydrogen-bond acceptors (Lipinski definition) is 5. The Kier molecular flexibility index (Phi) is 5.64. The fraction of sp³-hybridized carbons (Fsp3) is 0.600. The molecular weight excluding hydrogens is 252 g/mol. The van der Waals surface area contributed by atoms with E-state index in [-0.39, 0.29) is 0 Å². The number of rotatable bonds is 6. The molecule has 0 amide bonds. The number of piperazine rings is 1. The summed E-state index contributed by atoms with van der Waals surface area (Å²) in [6.07, 6.45) is 2.15. The van der Waals surface area contributed by atoms with Crippen LogP contribution in [-0.2, 0) is 6.42 Å². The molecule has 20 heavy (non-hydrogen) atoms. The molecule has 5 nitrogen and oxygen atoms in total. The molecule has 0 bridgehead atoms. The molecule has 1 aromatic rings. The summed E-state index contributed by atoms with van der Waals surface area (Å²) in [5.74, 6) is 0.754. The molecule has 5 heteroatoms. The highest BCUT2D eigenvalue weighted by molar-refractivity contribution is 5.54. The summed E-state index contributed by atoms with van der Waals surface area (Å²) in [6, 6.07) is 6.04. The number of hydrazine groups is 1. The lowest BCUT2D eigenvalue weighted by molar-refractivity contribution is 0.104. The van der Waals surface area contributed by atoms with Crippen molar-refractivity contribution in [3.63, 3.8) is 0 Å². The molecule has 1 saturated heterocycles. The van der Waals surface area contributed by atoms with Crippen LogP contribution in [0.5, 0.6) is 5.75 Å². The molecular formula is C15H26N4O. The van der Waals surface area contributed by atoms with Crippen LogP contribution in [0.2, 0.25) is 0 Å². The van der Waals surface area contributed by atoms with Crippen molar-refractivity contribution in [3.8, 4) is 5.75 Å². The number of nitrogens with zero attached hydrogens (tertiary/aromatic N) is 2. The average molecular weight is 278 g/mol. The predicted molar refractivity (Wildman–Crippen MR) is 82.8 cm³/mol. The van der Waals surface area contributed by atoms with Gasteiger partial charge in [-0.3, -0.25) is 5.43 Å². The van der Waals surface area contributed by atoms with E-state index in [1.807, 2.05) is 12.1 Å². The van der Waals surface area contributed by atoms with Gasteiger partial charge in [0.25, 0.3) is 0 Å². The molecule has 2 rings (SSSR count). The van der Waals surface area contributed by atoms with Crippen LogP contribution in [0.1, 0.15) is 12.0 Å². The van der Waals surface area contributed by atoms with Crippen molar-refractivity contribution in [2.75, 3.05) is 52.6 Å². The number of nitrogens with one attached hydrogen (secondary N) is 1. The average Bonchev–Trinajstić information content (AvgIpc) is 2.46. The number of anilines is 1. The maximum atomic E-state index is 5.91. The summed E-state index contributed by atoms with van der Waals surface area (Å²) in [5, 5.41) is 2.32. The first-order valence-electron chi connectivity index (χ1n) is 7.28. The van der Waals surface area contributed by atoms with E-state index in [2.05, 4.69) is 28.4 Å².